The Balaban J connectivity index is 2.67. The Morgan fingerprint density at radius 1 is 1.33 bits per heavy atom. The summed E-state index contributed by atoms with van der Waals surface area (Å²) >= 11 is 0. The van der Waals surface area contributed by atoms with Crippen molar-refractivity contribution in [2.75, 3.05) is 7.11 Å². The van der Waals surface area contributed by atoms with E-state index in [1.807, 2.05) is 39.8 Å². The third-order valence-corrected chi connectivity index (χ3v) is 3.49. The van der Waals surface area contributed by atoms with Crippen LogP contribution in [0.5, 0.6) is 0 Å². The van der Waals surface area contributed by atoms with E-state index in [0.29, 0.717) is 6.42 Å². The van der Waals surface area contributed by atoms with Gasteiger partial charge in [-0.3, -0.25) is 9.78 Å². The first-order valence-electron chi connectivity index (χ1n) is 8.09. The van der Waals surface area contributed by atoms with Crippen molar-refractivity contribution in [3.63, 3.8) is 0 Å². The summed E-state index contributed by atoms with van der Waals surface area (Å²) in [7, 11) is 1.29. The SMILES string of the molecule is COC(=O)[C@H](NC(=O)CCc1ncccc1C)[C@H](C)OC(C)(C)C. The number of methoxy groups -OCH3 is 1. The second-order valence-electron chi connectivity index (χ2n) is 6.77. The van der Waals surface area contributed by atoms with Crippen LogP contribution in [0.1, 0.15) is 45.4 Å². The van der Waals surface area contributed by atoms with Crippen molar-refractivity contribution in [2.45, 2.75) is 65.2 Å². The van der Waals surface area contributed by atoms with Gasteiger partial charge in [-0.25, -0.2) is 4.79 Å². The van der Waals surface area contributed by atoms with E-state index >= 15 is 0 Å². The van der Waals surface area contributed by atoms with Crippen molar-refractivity contribution in [1.29, 1.82) is 0 Å². The average molecular weight is 336 g/mol. The van der Waals surface area contributed by atoms with Gasteiger partial charge in [0, 0.05) is 18.3 Å². The quantitative estimate of drug-likeness (QED) is 0.772. The second-order valence-corrected chi connectivity index (χ2v) is 6.77. The van der Waals surface area contributed by atoms with Crippen LogP contribution in [-0.2, 0) is 25.5 Å². The van der Waals surface area contributed by atoms with Gasteiger partial charge in [0.2, 0.25) is 5.91 Å². The number of carbonyl (C=O) groups excluding carboxylic acids is 2. The highest BCUT2D eigenvalue weighted by molar-refractivity contribution is 5.85. The third-order valence-electron chi connectivity index (χ3n) is 3.49. The van der Waals surface area contributed by atoms with E-state index in [0.717, 1.165) is 11.3 Å². The summed E-state index contributed by atoms with van der Waals surface area (Å²) in [5.41, 5.74) is 1.49. The van der Waals surface area contributed by atoms with Crippen LogP contribution < -0.4 is 5.32 Å². The van der Waals surface area contributed by atoms with Gasteiger partial charge in [-0.15, -0.1) is 0 Å². The highest BCUT2D eigenvalue weighted by Gasteiger charge is 2.31. The van der Waals surface area contributed by atoms with Gasteiger partial charge < -0.3 is 14.8 Å². The topological polar surface area (TPSA) is 77.5 Å². The van der Waals surface area contributed by atoms with Crippen LogP contribution in [0, 0.1) is 6.92 Å². The Bertz CT molecular complexity index is 566. The summed E-state index contributed by atoms with van der Waals surface area (Å²) < 4.78 is 10.6. The summed E-state index contributed by atoms with van der Waals surface area (Å²) in [6.07, 6.45) is 1.96. The second kappa shape index (κ2) is 8.78. The summed E-state index contributed by atoms with van der Waals surface area (Å²) in [5.74, 6) is -0.756. The zero-order valence-corrected chi connectivity index (χ0v) is 15.4. The molecular formula is C18H28N2O4. The zero-order valence-electron chi connectivity index (χ0n) is 15.4. The molecule has 0 radical (unpaired) electrons. The molecule has 1 aromatic heterocycles. The molecule has 0 aliphatic rings. The molecule has 0 spiro atoms. The first-order chi connectivity index (χ1) is 11.1. The summed E-state index contributed by atoms with van der Waals surface area (Å²) in [4.78, 5) is 28.5. The Hall–Kier alpha value is -1.95. The van der Waals surface area contributed by atoms with Crippen molar-refractivity contribution < 1.29 is 19.1 Å². The molecular weight excluding hydrogens is 308 g/mol. The maximum absolute atomic E-state index is 12.2. The zero-order chi connectivity index (χ0) is 18.3. The Morgan fingerprint density at radius 2 is 2.00 bits per heavy atom. The van der Waals surface area contributed by atoms with E-state index in [1.165, 1.54) is 7.11 Å². The molecule has 2 atom stereocenters. The predicted octanol–water partition coefficient (Wildman–Crippen LogP) is 2.18. The number of hydrogen-bond acceptors (Lipinski definition) is 5. The molecule has 24 heavy (non-hydrogen) atoms. The Morgan fingerprint density at radius 3 is 2.54 bits per heavy atom. The van der Waals surface area contributed by atoms with E-state index in [2.05, 4.69) is 10.3 Å². The maximum atomic E-state index is 12.2. The minimum absolute atomic E-state index is 0.236. The Kier molecular flexibility index (Phi) is 7.35. The number of aryl methyl sites for hydroxylation is 2. The third kappa shape index (κ3) is 6.66. The number of nitrogens with zero attached hydrogens (tertiary/aromatic N) is 1. The normalized spacial score (nSPS) is 13.9. The van der Waals surface area contributed by atoms with E-state index in [1.54, 1.807) is 13.1 Å². The van der Waals surface area contributed by atoms with Gasteiger partial charge >= 0.3 is 5.97 Å². The van der Waals surface area contributed by atoms with Crippen molar-refractivity contribution in [2.24, 2.45) is 0 Å². The summed E-state index contributed by atoms with van der Waals surface area (Å²) in [5, 5.41) is 2.71. The number of rotatable bonds is 7. The molecule has 134 valence electrons. The van der Waals surface area contributed by atoms with E-state index in [4.69, 9.17) is 9.47 Å². The van der Waals surface area contributed by atoms with Crippen LogP contribution in [-0.4, -0.2) is 41.7 Å². The minimum Gasteiger partial charge on any atom is -0.467 e. The summed E-state index contributed by atoms with van der Waals surface area (Å²) in [6, 6.07) is 2.97. The smallest absolute Gasteiger partial charge is 0.331 e. The number of nitrogens with one attached hydrogen (secondary N) is 1. The first-order valence-corrected chi connectivity index (χ1v) is 8.09. The standard InChI is InChI=1S/C18H28N2O4/c1-12-8-7-11-19-14(12)9-10-15(21)20-16(17(22)23-6)13(2)24-18(3,4)5/h7-8,11,13,16H,9-10H2,1-6H3,(H,20,21)/t13-,16+/m0/s1. The van der Waals surface area contributed by atoms with Crippen molar-refractivity contribution in [3.05, 3.63) is 29.6 Å². The number of ether oxygens (including phenoxy) is 2. The van der Waals surface area contributed by atoms with Crippen LogP contribution >= 0.6 is 0 Å². The van der Waals surface area contributed by atoms with Gasteiger partial charge in [0.05, 0.1) is 18.8 Å². The molecule has 0 aliphatic carbocycles. The number of aromatic nitrogens is 1. The molecule has 0 aromatic carbocycles. The molecule has 0 saturated carbocycles. The van der Waals surface area contributed by atoms with Gasteiger partial charge in [0.1, 0.15) is 0 Å². The number of pyridine rings is 1. The van der Waals surface area contributed by atoms with Crippen LogP contribution in [0.2, 0.25) is 0 Å². The molecule has 0 aliphatic heterocycles. The molecule has 1 heterocycles. The molecule has 1 aromatic rings. The fourth-order valence-corrected chi connectivity index (χ4v) is 2.38. The molecule has 6 heteroatoms. The lowest BCUT2D eigenvalue weighted by molar-refractivity contribution is -0.153. The van der Waals surface area contributed by atoms with Gasteiger partial charge in [0.15, 0.2) is 6.04 Å². The lowest BCUT2D eigenvalue weighted by atomic mass is 10.1. The molecule has 0 unspecified atom stereocenters. The summed E-state index contributed by atoms with van der Waals surface area (Å²) in [6.45, 7) is 9.38. The molecule has 1 amide bonds. The Labute approximate surface area is 143 Å². The van der Waals surface area contributed by atoms with E-state index < -0.39 is 23.7 Å². The van der Waals surface area contributed by atoms with E-state index in [9.17, 15) is 9.59 Å². The minimum atomic E-state index is -0.841. The molecule has 1 rings (SSSR count). The van der Waals surface area contributed by atoms with Crippen molar-refractivity contribution in [1.82, 2.24) is 10.3 Å². The van der Waals surface area contributed by atoms with Gasteiger partial charge in [-0.2, -0.15) is 0 Å². The largest absolute Gasteiger partial charge is 0.467 e. The van der Waals surface area contributed by atoms with Crippen LogP contribution in [0.3, 0.4) is 0 Å². The number of carbonyl (C=O) groups is 2. The van der Waals surface area contributed by atoms with Gasteiger partial charge in [-0.05, 0) is 52.7 Å². The fourth-order valence-electron chi connectivity index (χ4n) is 2.38. The molecule has 0 fully saturated rings. The molecule has 6 nitrogen and oxygen atoms in total. The number of amides is 1. The average Bonchev–Trinajstić information content (AvgIpc) is 2.49. The lowest BCUT2D eigenvalue weighted by Crippen LogP contribution is -2.51. The van der Waals surface area contributed by atoms with E-state index in [-0.39, 0.29) is 12.3 Å². The molecule has 0 bridgehead atoms. The predicted molar refractivity (Wildman–Crippen MR) is 91.5 cm³/mol. The van der Waals surface area contributed by atoms with Crippen LogP contribution in [0.25, 0.3) is 0 Å². The van der Waals surface area contributed by atoms with Crippen LogP contribution in [0.4, 0.5) is 0 Å². The lowest BCUT2D eigenvalue weighted by Gasteiger charge is -2.30. The highest BCUT2D eigenvalue weighted by atomic mass is 16.5. The highest BCUT2D eigenvalue weighted by Crippen LogP contribution is 2.14. The fraction of sp³-hybridized carbons (Fsp3) is 0.611. The number of esters is 1. The van der Waals surface area contributed by atoms with Gasteiger partial charge in [0.25, 0.3) is 0 Å². The van der Waals surface area contributed by atoms with Crippen molar-refractivity contribution in [3.8, 4) is 0 Å². The monoisotopic (exact) mass is 336 g/mol. The maximum Gasteiger partial charge on any atom is 0.331 e. The first kappa shape index (κ1) is 20.1. The van der Waals surface area contributed by atoms with Crippen molar-refractivity contribution >= 4 is 11.9 Å². The van der Waals surface area contributed by atoms with Gasteiger partial charge in [-0.1, -0.05) is 6.07 Å². The number of hydrogen-bond donors (Lipinski definition) is 1. The molecule has 1 N–H and O–H groups in total. The van der Waals surface area contributed by atoms with Crippen LogP contribution in [0.15, 0.2) is 18.3 Å². The molecule has 0 saturated heterocycles.